The minimum absolute atomic E-state index is 0.249. The fourth-order valence-corrected chi connectivity index (χ4v) is 1.39. The molecule has 3 heteroatoms. The molecule has 0 bridgehead atoms. The first-order valence-corrected chi connectivity index (χ1v) is 4.39. The predicted octanol–water partition coefficient (Wildman–Crippen LogP) is 2.34. The van der Waals surface area contributed by atoms with Crippen LogP contribution in [0.25, 0.3) is 0 Å². The first-order valence-electron chi connectivity index (χ1n) is 4.39. The highest BCUT2D eigenvalue weighted by Gasteiger charge is 2.18. The van der Waals surface area contributed by atoms with Crippen LogP contribution in [0.4, 0.5) is 8.78 Å². The molecule has 2 atom stereocenters. The molecule has 70 valence electrons. The SMILES string of the molecule is CC(NC1CC=CCC1)C(F)F. The van der Waals surface area contributed by atoms with E-state index < -0.39 is 12.5 Å². The van der Waals surface area contributed by atoms with Crippen molar-refractivity contribution in [3.8, 4) is 0 Å². The third-order valence-corrected chi connectivity index (χ3v) is 2.15. The van der Waals surface area contributed by atoms with Crippen molar-refractivity contribution in [1.29, 1.82) is 0 Å². The molecule has 1 aliphatic rings. The molecule has 0 radical (unpaired) electrons. The second kappa shape index (κ2) is 4.55. The first kappa shape index (κ1) is 9.65. The highest BCUT2D eigenvalue weighted by molar-refractivity contribution is 4.93. The lowest BCUT2D eigenvalue weighted by molar-refractivity contribution is 0.0990. The molecule has 0 aromatic carbocycles. The summed E-state index contributed by atoms with van der Waals surface area (Å²) in [5.74, 6) is 0. The molecule has 0 saturated heterocycles. The molecule has 1 N–H and O–H groups in total. The molecule has 1 nitrogen and oxygen atoms in total. The van der Waals surface area contributed by atoms with Crippen molar-refractivity contribution in [3.05, 3.63) is 12.2 Å². The summed E-state index contributed by atoms with van der Waals surface area (Å²) >= 11 is 0. The standard InChI is InChI=1S/C9H15F2N/c1-7(9(10)11)12-8-5-3-2-4-6-8/h2-3,7-9,12H,4-6H2,1H3. The number of rotatable bonds is 3. The van der Waals surface area contributed by atoms with E-state index in [9.17, 15) is 8.78 Å². The number of halogens is 2. The second-order valence-corrected chi connectivity index (χ2v) is 3.27. The summed E-state index contributed by atoms with van der Waals surface area (Å²) in [4.78, 5) is 0. The normalized spacial score (nSPS) is 26.2. The zero-order valence-corrected chi connectivity index (χ0v) is 7.26. The minimum atomic E-state index is -2.25. The van der Waals surface area contributed by atoms with Crippen molar-refractivity contribution in [2.75, 3.05) is 0 Å². The Morgan fingerprint density at radius 1 is 1.42 bits per heavy atom. The summed E-state index contributed by atoms with van der Waals surface area (Å²) < 4.78 is 24.2. The fourth-order valence-electron chi connectivity index (χ4n) is 1.39. The molecule has 0 aliphatic heterocycles. The van der Waals surface area contributed by atoms with Gasteiger partial charge in [0.05, 0.1) is 6.04 Å². The maximum absolute atomic E-state index is 12.1. The molecule has 0 fully saturated rings. The van der Waals surface area contributed by atoms with Crippen LogP contribution < -0.4 is 5.32 Å². The molecular formula is C9H15F2N. The molecule has 1 rings (SSSR count). The van der Waals surface area contributed by atoms with Crippen LogP contribution in [0.15, 0.2) is 12.2 Å². The summed E-state index contributed by atoms with van der Waals surface area (Å²) in [6.45, 7) is 1.53. The Balaban J connectivity index is 2.25. The highest BCUT2D eigenvalue weighted by atomic mass is 19.3. The van der Waals surface area contributed by atoms with Gasteiger partial charge in [-0.15, -0.1) is 0 Å². The number of nitrogens with one attached hydrogen (secondary N) is 1. The molecule has 0 aromatic rings. The average molecular weight is 175 g/mol. The smallest absolute Gasteiger partial charge is 0.253 e. The maximum atomic E-state index is 12.1. The molecule has 0 heterocycles. The van der Waals surface area contributed by atoms with Crippen LogP contribution in [-0.4, -0.2) is 18.5 Å². The Kier molecular flexibility index (Phi) is 3.66. The van der Waals surface area contributed by atoms with Gasteiger partial charge in [-0.2, -0.15) is 0 Å². The van der Waals surface area contributed by atoms with Gasteiger partial charge in [0, 0.05) is 6.04 Å². The number of alkyl halides is 2. The zero-order chi connectivity index (χ0) is 8.97. The van der Waals surface area contributed by atoms with Crippen molar-refractivity contribution in [2.45, 2.75) is 44.7 Å². The van der Waals surface area contributed by atoms with Crippen LogP contribution in [0, 0.1) is 0 Å². The van der Waals surface area contributed by atoms with Gasteiger partial charge in [0.2, 0.25) is 0 Å². The maximum Gasteiger partial charge on any atom is 0.253 e. The van der Waals surface area contributed by atoms with Gasteiger partial charge in [0.25, 0.3) is 6.43 Å². The molecule has 0 saturated carbocycles. The monoisotopic (exact) mass is 175 g/mol. The van der Waals surface area contributed by atoms with E-state index in [2.05, 4.69) is 17.5 Å². The van der Waals surface area contributed by atoms with Crippen molar-refractivity contribution in [1.82, 2.24) is 5.32 Å². The van der Waals surface area contributed by atoms with Crippen molar-refractivity contribution >= 4 is 0 Å². The Bertz CT molecular complexity index is 157. The van der Waals surface area contributed by atoms with E-state index in [1.165, 1.54) is 6.92 Å². The Hall–Kier alpha value is -0.440. The third-order valence-electron chi connectivity index (χ3n) is 2.15. The van der Waals surface area contributed by atoms with Gasteiger partial charge in [-0.3, -0.25) is 0 Å². The lowest BCUT2D eigenvalue weighted by Gasteiger charge is -2.23. The van der Waals surface area contributed by atoms with Crippen LogP contribution in [0.3, 0.4) is 0 Å². The Morgan fingerprint density at radius 3 is 2.67 bits per heavy atom. The lowest BCUT2D eigenvalue weighted by Crippen LogP contribution is -2.40. The molecule has 12 heavy (non-hydrogen) atoms. The van der Waals surface area contributed by atoms with Gasteiger partial charge in [0.15, 0.2) is 0 Å². The minimum Gasteiger partial charge on any atom is -0.306 e. The van der Waals surface area contributed by atoms with Gasteiger partial charge >= 0.3 is 0 Å². The van der Waals surface area contributed by atoms with Crippen molar-refractivity contribution in [3.63, 3.8) is 0 Å². The van der Waals surface area contributed by atoms with Gasteiger partial charge in [-0.05, 0) is 26.2 Å². The summed E-state index contributed by atoms with van der Waals surface area (Å²) in [6.07, 6.45) is 4.78. The lowest BCUT2D eigenvalue weighted by atomic mass is 10.0. The van der Waals surface area contributed by atoms with Crippen LogP contribution in [0.5, 0.6) is 0 Å². The van der Waals surface area contributed by atoms with E-state index >= 15 is 0 Å². The molecule has 2 unspecified atom stereocenters. The number of hydrogen-bond acceptors (Lipinski definition) is 1. The molecule has 1 aliphatic carbocycles. The predicted molar refractivity (Wildman–Crippen MR) is 45.4 cm³/mol. The third kappa shape index (κ3) is 2.89. The molecule has 0 aromatic heterocycles. The average Bonchev–Trinajstić information content (AvgIpc) is 2.06. The van der Waals surface area contributed by atoms with Crippen LogP contribution in [0.1, 0.15) is 26.2 Å². The van der Waals surface area contributed by atoms with E-state index in [0.717, 1.165) is 19.3 Å². The topological polar surface area (TPSA) is 12.0 Å². The summed E-state index contributed by atoms with van der Waals surface area (Å²) in [6, 6.07) is -0.430. The van der Waals surface area contributed by atoms with Gasteiger partial charge in [0.1, 0.15) is 0 Å². The quantitative estimate of drug-likeness (QED) is 0.649. The zero-order valence-electron chi connectivity index (χ0n) is 7.26. The van der Waals surface area contributed by atoms with E-state index in [4.69, 9.17) is 0 Å². The fraction of sp³-hybridized carbons (Fsp3) is 0.778. The second-order valence-electron chi connectivity index (χ2n) is 3.27. The largest absolute Gasteiger partial charge is 0.306 e. The van der Waals surface area contributed by atoms with Crippen LogP contribution >= 0.6 is 0 Å². The summed E-state index contributed by atoms with van der Waals surface area (Å²) in [5, 5.41) is 2.92. The van der Waals surface area contributed by atoms with E-state index in [-0.39, 0.29) is 6.04 Å². The highest BCUT2D eigenvalue weighted by Crippen LogP contribution is 2.12. The number of hydrogen-bond donors (Lipinski definition) is 1. The summed E-state index contributed by atoms with van der Waals surface area (Å²) in [7, 11) is 0. The first-order chi connectivity index (χ1) is 5.70. The van der Waals surface area contributed by atoms with E-state index in [1.54, 1.807) is 0 Å². The number of allylic oxidation sites excluding steroid dienone is 1. The summed E-state index contributed by atoms with van der Waals surface area (Å²) in [5.41, 5.74) is 0. The van der Waals surface area contributed by atoms with Gasteiger partial charge < -0.3 is 5.32 Å². The van der Waals surface area contributed by atoms with Gasteiger partial charge in [-0.1, -0.05) is 12.2 Å². The van der Waals surface area contributed by atoms with Crippen molar-refractivity contribution < 1.29 is 8.78 Å². The Labute approximate surface area is 71.8 Å². The van der Waals surface area contributed by atoms with Crippen LogP contribution in [-0.2, 0) is 0 Å². The molecule has 0 amide bonds. The Morgan fingerprint density at radius 2 is 2.17 bits per heavy atom. The van der Waals surface area contributed by atoms with E-state index in [0.29, 0.717) is 0 Å². The molecule has 0 spiro atoms. The van der Waals surface area contributed by atoms with E-state index in [1.807, 2.05) is 0 Å². The van der Waals surface area contributed by atoms with Crippen molar-refractivity contribution in [2.24, 2.45) is 0 Å². The molecular weight excluding hydrogens is 160 g/mol. The van der Waals surface area contributed by atoms with Crippen LogP contribution in [0.2, 0.25) is 0 Å². The van der Waals surface area contributed by atoms with Gasteiger partial charge in [-0.25, -0.2) is 8.78 Å².